The summed E-state index contributed by atoms with van der Waals surface area (Å²) in [5.41, 5.74) is 0.135. The van der Waals surface area contributed by atoms with Crippen LogP contribution in [-0.4, -0.2) is 24.1 Å². The minimum absolute atomic E-state index is 0.111. The lowest BCUT2D eigenvalue weighted by molar-refractivity contribution is -0.181. The van der Waals surface area contributed by atoms with Crippen LogP contribution in [-0.2, 0) is 19.1 Å². The Morgan fingerprint density at radius 3 is 1.76 bits per heavy atom. The van der Waals surface area contributed by atoms with E-state index in [-0.39, 0.29) is 35.0 Å². The van der Waals surface area contributed by atoms with Gasteiger partial charge in [0.1, 0.15) is 12.2 Å². The largest absolute Gasteiger partial charge is 0.462 e. The Bertz CT molecular complexity index is 928. The Balaban J connectivity index is 0.836. The zero-order chi connectivity index (χ0) is 24.5. The SMILES string of the molecule is O=C(CC12CC3CC(CC(C3)C1)C2)OC1CCC2C3CC(CC3OC(=O)C34CC5CC(CC(C5)C3)C4)C12. The van der Waals surface area contributed by atoms with Gasteiger partial charge in [-0.2, -0.15) is 0 Å². The molecule has 0 aliphatic heterocycles. The van der Waals surface area contributed by atoms with E-state index < -0.39 is 0 Å². The van der Waals surface area contributed by atoms with Crippen molar-refractivity contribution in [1.82, 2.24) is 0 Å². The summed E-state index contributed by atoms with van der Waals surface area (Å²) < 4.78 is 12.8. The minimum atomic E-state index is -0.138. The fourth-order valence-corrected chi connectivity index (χ4v) is 13.9. The number of carbonyl (C=O) groups is 2. The third-order valence-electron chi connectivity index (χ3n) is 14.1. The lowest BCUT2D eigenvalue weighted by Crippen LogP contribution is -2.51. The number of ether oxygens (including phenoxy) is 2. The second kappa shape index (κ2) is 7.78. The van der Waals surface area contributed by atoms with Gasteiger partial charge in [0.05, 0.1) is 11.8 Å². The Labute approximate surface area is 222 Å². The molecule has 0 spiro atoms. The maximum Gasteiger partial charge on any atom is 0.312 e. The molecule has 0 heterocycles. The van der Waals surface area contributed by atoms with Crippen molar-refractivity contribution in [1.29, 1.82) is 0 Å². The summed E-state index contributed by atoms with van der Waals surface area (Å²) in [4.78, 5) is 26.9. The van der Waals surface area contributed by atoms with E-state index in [1.54, 1.807) is 0 Å². The quantitative estimate of drug-likeness (QED) is 0.389. The number of hydrogen-bond donors (Lipinski definition) is 0. The number of hydrogen-bond acceptors (Lipinski definition) is 4. The first kappa shape index (κ1) is 22.7. The van der Waals surface area contributed by atoms with Gasteiger partial charge in [0.2, 0.25) is 0 Å². The molecule has 0 aromatic carbocycles. The molecule has 10 bridgehead atoms. The van der Waals surface area contributed by atoms with Crippen LogP contribution in [0.4, 0.5) is 0 Å². The third-order valence-corrected chi connectivity index (χ3v) is 14.1. The zero-order valence-corrected chi connectivity index (χ0v) is 22.6. The average molecular weight is 507 g/mol. The molecule has 0 amide bonds. The number of esters is 2. The van der Waals surface area contributed by atoms with Crippen LogP contribution in [0.5, 0.6) is 0 Å². The van der Waals surface area contributed by atoms with Gasteiger partial charge in [-0.1, -0.05) is 0 Å². The van der Waals surface area contributed by atoms with Crippen LogP contribution in [0.3, 0.4) is 0 Å². The van der Waals surface area contributed by atoms with Crippen LogP contribution in [0.15, 0.2) is 0 Å². The predicted octanol–water partition coefficient (Wildman–Crippen LogP) is 6.70. The highest BCUT2D eigenvalue weighted by molar-refractivity contribution is 5.78. The number of carbonyl (C=O) groups excluding carboxylic acids is 2. The molecule has 4 nitrogen and oxygen atoms in total. The second-order valence-electron chi connectivity index (χ2n) is 16.5. The first-order valence-corrected chi connectivity index (χ1v) is 16.3. The highest BCUT2D eigenvalue weighted by atomic mass is 16.6. The van der Waals surface area contributed by atoms with E-state index >= 15 is 0 Å². The molecule has 0 aromatic rings. The fourth-order valence-electron chi connectivity index (χ4n) is 13.9. The molecule has 202 valence electrons. The lowest BCUT2D eigenvalue weighted by Gasteiger charge is -2.56. The minimum Gasteiger partial charge on any atom is -0.462 e. The summed E-state index contributed by atoms with van der Waals surface area (Å²) in [6.07, 6.45) is 20.9. The predicted molar refractivity (Wildman–Crippen MR) is 138 cm³/mol. The highest BCUT2D eigenvalue weighted by Crippen LogP contribution is 2.64. The van der Waals surface area contributed by atoms with E-state index in [0.717, 1.165) is 74.0 Å². The Morgan fingerprint density at radius 1 is 0.595 bits per heavy atom. The molecule has 0 N–H and O–H groups in total. The molecule has 6 atom stereocenters. The molecule has 0 radical (unpaired) electrons. The maximum absolute atomic E-state index is 13.6. The van der Waals surface area contributed by atoms with Gasteiger partial charge < -0.3 is 9.47 Å². The van der Waals surface area contributed by atoms with Crippen LogP contribution in [0.25, 0.3) is 0 Å². The van der Waals surface area contributed by atoms with E-state index in [2.05, 4.69) is 0 Å². The molecule has 37 heavy (non-hydrogen) atoms. The molecule has 0 aromatic heterocycles. The molecular weight excluding hydrogens is 460 g/mol. The first-order valence-electron chi connectivity index (χ1n) is 16.3. The molecule has 11 aliphatic carbocycles. The van der Waals surface area contributed by atoms with E-state index in [4.69, 9.17) is 9.47 Å². The van der Waals surface area contributed by atoms with E-state index in [0.29, 0.717) is 30.1 Å². The van der Waals surface area contributed by atoms with Crippen molar-refractivity contribution in [2.24, 2.45) is 70.0 Å². The highest BCUT2D eigenvalue weighted by Gasteiger charge is 2.62. The Morgan fingerprint density at radius 2 is 1.16 bits per heavy atom. The topological polar surface area (TPSA) is 52.6 Å². The zero-order valence-electron chi connectivity index (χ0n) is 22.6. The van der Waals surface area contributed by atoms with Crippen molar-refractivity contribution < 1.29 is 19.1 Å². The molecule has 4 heteroatoms. The monoisotopic (exact) mass is 506 g/mol. The number of rotatable bonds is 5. The van der Waals surface area contributed by atoms with Gasteiger partial charge in [-0.25, -0.2) is 0 Å². The van der Waals surface area contributed by atoms with Crippen molar-refractivity contribution in [3.8, 4) is 0 Å². The van der Waals surface area contributed by atoms with Crippen LogP contribution >= 0.6 is 0 Å². The van der Waals surface area contributed by atoms with Gasteiger partial charge in [-0.05, 0) is 161 Å². The molecular formula is C33H46O4. The Hall–Kier alpha value is -1.06. The molecule has 11 rings (SSSR count). The molecule has 6 unspecified atom stereocenters. The van der Waals surface area contributed by atoms with Crippen LogP contribution in [0.1, 0.15) is 109 Å². The van der Waals surface area contributed by atoms with Crippen molar-refractivity contribution in [3.05, 3.63) is 0 Å². The van der Waals surface area contributed by atoms with Crippen molar-refractivity contribution in [3.63, 3.8) is 0 Å². The summed E-state index contributed by atoms with van der Waals surface area (Å²) in [5.74, 6) is 7.53. The third kappa shape index (κ3) is 3.44. The van der Waals surface area contributed by atoms with Crippen molar-refractivity contribution in [2.75, 3.05) is 0 Å². The van der Waals surface area contributed by atoms with E-state index in [1.165, 1.54) is 64.2 Å². The summed E-state index contributed by atoms with van der Waals surface area (Å²) in [7, 11) is 0. The first-order chi connectivity index (χ1) is 17.9. The van der Waals surface area contributed by atoms with Crippen molar-refractivity contribution >= 4 is 11.9 Å². The summed E-state index contributed by atoms with van der Waals surface area (Å²) in [5, 5.41) is 0. The van der Waals surface area contributed by atoms with Gasteiger partial charge in [0, 0.05) is 5.92 Å². The standard InChI is InChI=1S/C33H46O4/c34-29(17-32-11-18-3-19(12-32)5-20(4-18)13-32)36-27-2-1-25-26-9-24(30(25)27)10-28(26)37-31(35)33-14-21-6-22(15-33)8-23(7-21)16-33/h18-28,30H,1-17H2. The lowest BCUT2D eigenvalue weighted by atomic mass is 9.49. The summed E-state index contributed by atoms with van der Waals surface area (Å²) in [6.45, 7) is 0. The average Bonchev–Trinajstić information content (AvgIpc) is 3.50. The normalized spacial score (nSPS) is 57.6. The maximum atomic E-state index is 13.6. The van der Waals surface area contributed by atoms with Crippen LogP contribution < -0.4 is 0 Å². The van der Waals surface area contributed by atoms with Crippen LogP contribution in [0.2, 0.25) is 0 Å². The second-order valence-corrected chi connectivity index (χ2v) is 16.5. The van der Waals surface area contributed by atoms with Crippen molar-refractivity contribution in [2.45, 2.75) is 121 Å². The van der Waals surface area contributed by atoms with Crippen LogP contribution in [0, 0.1) is 70.0 Å². The molecule has 11 fully saturated rings. The molecule has 0 saturated heterocycles. The van der Waals surface area contributed by atoms with E-state index in [9.17, 15) is 9.59 Å². The molecule has 11 saturated carbocycles. The fraction of sp³-hybridized carbons (Fsp3) is 0.939. The van der Waals surface area contributed by atoms with Gasteiger partial charge in [-0.3, -0.25) is 9.59 Å². The Kier molecular flexibility index (Phi) is 4.78. The smallest absolute Gasteiger partial charge is 0.312 e. The van der Waals surface area contributed by atoms with Gasteiger partial charge in [0.15, 0.2) is 0 Å². The van der Waals surface area contributed by atoms with E-state index in [1.807, 2.05) is 0 Å². The van der Waals surface area contributed by atoms with Gasteiger partial charge in [-0.15, -0.1) is 0 Å². The number of fused-ring (bicyclic) bond motifs is 5. The summed E-state index contributed by atoms with van der Waals surface area (Å²) >= 11 is 0. The molecule has 11 aliphatic rings. The summed E-state index contributed by atoms with van der Waals surface area (Å²) in [6, 6.07) is 0. The van der Waals surface area contributed by atoms with Gasteiger partial charge in [0.25, 0.3) is 0 Å². The van der Waals surface area contributed by atoms with Gasteiger partial charge >= 0.3 is 11.9 Å².